The number of benzene rings is 1. The molecular formula is C17H20FNOS. The van der Waals surface area contributed by atoms with Gasteiger partial charge in [-0.05, 0) is 31.0 Å². The SMILES string of the molecule is CN(C(=O)c1cc2c(F)cccc2s1)C1CCCCCC1. The lowest BCUT2D eigenvalue weighted by molar-refractivity contribution is 0.0722. The molecule has 4 heteroatoms. The van der Waals surface area contributed by atoms with Crippen molar-refractivity contribution < 1.29 is 9.18 Å². The monoisotopic (exact) mass is 305 g/mol. The Morgan fingerprint density at radius 1 is 1.24 bits per heavy atom. The zero-order chi connectivity index (χ0) is 14.8. The lowest BCUT2D eigenvalue weighted by Crippen LogP contribution is -2.36. The summed E-state index contributed by atoms with van der Waals surface area (Å²) < 4.78 is 14.6. The molecule has 0 radical (unpaired) electrons. The number of amides is 1. The molecule has 0 spiro atoms. The van der Waals surface area contributed by atoms with E-state index in [0.29, 0.717) is 16.3 Å². The van der Waals surface area contributed by atoms with Crippen LogP contribution in [0, 0.1) is 5.82 Å². The van der Waals surface area contributed by atoms with Gasteiger partial charge < -0.3 is 4.90 Å². The number of thiophene rings is 1. The average molecular weight is 305 g/mol. The van der Waals surface area contributed by atoms with Gasteiger partial charge in [-0.25, -0.2) is 4.39 Å². The maximum absolute atomic E-state index is 13.8. The van der Waals surface area contributed by atoms with Gasteiger partial charge in [-0.15, -0.1) is 11.3 Å². The van der Waals surface area contributed by atoms with Crippen molar-refractivity contribution in [3.63, 3.8) is 0 Å². The predicted octanol–water partition coefficient (Wildman–Crippen LogP) is 4.84. The van der Waals surface area contributed by atoms with Crippen LogP contribution in [0.1, 0.15) is 48.2 Å². The van der Waals surface area contributed by atoms with Crippen LogP contribution in [0.5, 0.6) is 0 Å². The minimum atomic E-state index is -0.250. The average Bonchev–Trinajstić information content (AvgIpc) is 2.75. The summed E-state index contributed by atoms with van der Waals surface area (Å²) >= 11 is 1.39. The van der Waals surface area contributed by atoms with Crippen molar-refractivity contribution in [2.75, 3.05) is 7.05 Å². The molecule has 0 atom stereocenters. The summed E-state index contributed by atoms with van der Waals surface area (Å²) in [6.45, 7) is 0. The molecule has 2 nitrogen and oxygen atoms in total. The number of hydrogen-bond donors (Lipinski definition) is 0. The first-order valence-electron chi connectivity index (χ1n) is 7.62. The highest BCUT2D eigenvalue weighted by Crippen LogP contribution is 2.30. The molecule has 1 fully saturated rings. The third kappa shape index (κ3) is 2.95. The van der Waals surface area contributed by atoms with Crippen LogP contribution in [0.15, 0.2) is 24.3 Å². The highest BCUT2D eigenvalue weighted by Gasteiger charge is 2.23. The fourth-order valence-corrected chi connectivity index (χ4v) is 4.17. The topological polar surface area (TPSA) is 20.3 Å². The van der Waals surface area contributed by atoms with Crippen molar-refractivity contribution in [3.05, 3.63) is 35.0 Å². The number of fused-ring (bicyclic) bond motifs is 1. The number of carbonyl (C=O) groups is 1. The van der Waals surface area contributed by atoms with Crippen LogP contribution in [0.3, 0.4) is 0 Å². The van der Waals surface area contributed by atoms with E-state index in [1.165, 1.54) is 43.1 Å². The van der Waals surface area contributed by atoms with E-state index in [9.17, 15) is 9.18 Å². The van der Waals surface area contributed by atoms with Crippen molar-refractivity contribution >= 4 is 27.3 Å². The van der Waals surface area contributed by atoms with Gasteiger partial charge in [0, 0.05) is 23.2 Å². The lowest BCUT2D eigenvalue weighted by Gasteiger charge is -2.26. The summed E-state index contributed by atoms with van der Waals surface area (Å²) in [5.74, 6) is -0.220. The Labute approximate surface area is 128 Å². The van der Waals surface area contributed by atoms with Gasteiger partial charge in [-0.3, -0.25) is 4.79 Å². The molecule has 21 heavy (non-hydrogen) atoms. The van der Waals surface area contributed by atoms with Gasteiger partial charge in [0.25, 0.3) is 5.91 Å². The van der Waals surface area contributed by atoms with Gasteiger partial charge in [0.1, 0.15) is 5.82 Å². The van der Waals surface area contributed by atoms with E-state index < -0.39 is 0 Å². The largest absolute Gasteiger partial charge is 0.338 e. The van der Waals surface area contributed by atoms with Crippen LogP contribution in [-0.4, -0.2) is 23.9 Å². The molecule has 1 heterocycles. The standard InChI is InChI=1S/C17H20FNOS/c1-19(12-7-4-2-3-5-8-12)17(20)16-11-13-14(18)9-6-10-15(13)21-16/h6,9-12H,2-5,7-8H2,1H3. The van der Waals surface area contributed by atoms with E-state index in [0.717, 1.165) is 17.5 Å². The van der Waals surface area contributed by atoms with Crippen LogP contribution in [0.4, 0.5) is 4.39 Å². The fourth-order valence-electron chi connectivity index (χ4n) is 3.12. The normalized spacial score (nSPS) is 16.9. The molecule has 1 aromatic carbocycles. The summed E-state index contributed by atoms with van der Waals surface area (Å²) in [6, 6.07) is 7.03. The summed E-state index contributed by atoms with van der Waals surface area (Å²) in [5, 5.41) is 0.556. The summed E-state index contributed by atoms with van der Waals surface area (Å²) in [4.78, 5) is 15.2. The summed E-state index contributed by atoms with van der Waals surface area (Å²) in [6.07, 6.45) is 7.11. The van der Waals surface area contributed by atoms with Crippen molar-refractivity contribution in [1.82, 2.24) is 4.90 Å². The maximum atomic E-state index is 13.8. The number of hydrogen-bond acceptors (Lipinski definition) is 2. The quantitative estimate of drug-likeness (QED) is 0.727. The Hall–Kier alpha value is -1.42. The summed E-state index contributed by atoms with van der Waals surface area (Å²) in [5.41, 5.74) is 0. The maximum Gasteiger partial charge on any atom is 0.263 e. The first-order valence-corrected chi connectivity index (χ1v) is 8.43. The molecule has 1 saturated carbocycles. The molecule has 1 amide bonds. The second-order valence-electron chi connectivity index (χ2n) is 5.82. The smallest absolute Gasteiger partial charge is 0.263 e. The highest BCUT2D eigenvalue weighted by molar-refractivity contribution is 7.20. The van der Waals surface area contributed by atoms with Gasteiger partial charge in [0.2, 0.25) is 0 Å². The molecule has 112 valence electrons. The van der Waals surface area contributed by atoms with Gasteiger partial charge in [-0.2, -0.15) is 0 Å². The molecule has 1 aliphatic rings. The molecule has 1 aliphatic carbocycles. The second-order valence-corrected chi connectivity index (χ2v) is 6.91. The number of nitrogens with zero attached hydrogens (tertiary/aromatic N) is 1. The molecule has 2 aromatic rings. The van der Waals surface area contributed by atoms with Gasteiger partial charge in [-0.1, -0.05) is 31.7 Å². The van der Waals surface area contributed by atoms with Crippen molar-refractivity contribution in [1.29, 1.82) is 0 Å². The van der Waals surface area contributed by atoms with Crippen molar-refractivity contribution in [2.24, 2.45) is 0 Å². The van der Waals surface area contributed by atoms with Gasteiger partial charge in [0.15, 0.2) is 0 Å². The molecule has 0 unspecified atom stereocenters. The number of carbonyl (C=O) groups excluding carboxylic acids is 1. The Balaban J connectivity index is 1.83. The molecule has 0 bridgehead atoms. The second kappa shape index (κ2) is 6.14. The van der Waals surface area contributed by atoms with Gasteiger partial charge >= 0.3 is 0 Å². The lowest BCUT2D eigenvalue weighted by atomic mass is 10.1. The third-order valence-corrected chi connectivity index (χ3v) is 5.50. The van der Waals surface area contributed by atoms with Crippen LogP contribution in [0.2, 0.25) is 0 Å². The third-order valence-electron chi connectivity index (χ3n) is 4.41. The molecule has 3 rings (SSSR count). The Bertz CT molecular complexity index is 643. The predicted molar refractivity (Wildman–Crippen MR) is 85.4 cm³/mol. The Kier molecular flexibility index (Phi) is 4.24. The number of halogens is 1. The highest BCUT2D eigenvalue weighted by atomic mass is 32.1. The van der Waals surface area contributed by atoms with Crippen molar-refractivity contribution in [3.8, 4) is 0 Å². The van der Waals surface area contributed by atoms with E-state index >= 15 is 0 Å². The molecule has 0 saturated heterocycles. The zero-order valence-corrected chi connectivity index (χ0v) is 13.1. The van der Waals surface area contributed by atoms with E-state index in [1.807, 2.05) is 18.0 Å². The van der Waals surface area contributed by atoms with Gasteiger partial charge in [0.05, 0.1) is 4.88 Å². The fraction of sp³-hybridized carbons (Fsp3) is 0.471. The van der Waals surface area contributed by atoms with Crippen LogP contribution >= 0.6 is 11.3 Å². The van der Waals surface area contributed by atoms with E-state index in [-0.39, 0.29) is 11.7 Å². The van der Waals surface area contributed by atoms with Crippen molar-refractivity contribution in [2.45, 2.75) is 44.6 Å². The van der Waals surface area contributed by atoms with E-state index in [2.05, 4.69) is 0 Å². The molecular weight excluding hydrogens is 285 g/mol. The molecule has 1 aromatic heterocycles. The first kappa shape index (κ1) is 14.5. The minimum absolute atomic E-state index is 0.0301. The van der Waals surface area contributed by atoms with E-state index in [1.54, 1.807) is 12.1 Å². The number of rotatable bonds is 2. The van der Waals surface area contributed by atoms with E-state index in [4.69, 9.17) is 0 Å². The summed E-state index contributed by atoms with van der Waals surface area (Å²) in [7, 11) is 1.89. The Morgan fingerprint density at radius 3 is 2.62 bits per heavy atom. The van der Waals surface area contributed by atoms with Crippen LogP contribution in [0.25, 0.3) is 10.1 Å². The molecule has 0 aliphatic heterocycles. The minimum Gasteiger partial charge on any atom is -0.338 e. The van der Waals surface area contributed by atoms with Crippen LogP contribution < -0.4 is 0 Å². The Morgan fingerprint density at radius 2 is 1.95 bits per heavy atom. The van der Waals surface area contributed by atoms with Crippen LogP contribution in [-0.2, 0) is 0 Å². The first-order chi connectivity index (χ1) is 10.2. The molecule has 0 N–H and O–H groups in total. The zero-order valence-electron chi connectivity index (χ0n) is 12.3.